The highest BCUT2D eigenvalue weighted by molar-refractivity contribution is 5.89. The van der Waals surface area contributed by atoms with E-state index in [-0.39, 0.29) is 12.0 Å². The van der Waals surface area contributed by atoms with Gasteiger partial charge in [0.05, 0.1) is 5.56 Å². The number of rotatable bonds is 0. The van der Waals surface area contributed by atoms with Gasteiger partial charge in [0.2, 0.25) is 0 Å². The summed E-state index contributed by atoms with van der Waals surface area (Å²) in [5.41, 5.74) is 4.89. The molecule has 2 nitrogen and oxygen atoms in total. The molecule has 1 aliphatic carbocycles. The molecule has 0 spiro atoms. The van der Waals surface area contributed by atoms with Gasteiger partial charge in [-0.15, -0.1) is 0 Å². The zero-order valence-electron chi connectivity index (χ0n) is 13.7. The molecular weight excluding hydrogens is 325 g/mol. The number of aromatic amines is 1. The van der Waals surface area contributed by atoms with Crippen molar-refractivity contribution >= 4 is 10.9 Å². The Morgan fingerprint density at radius 3 is 2.72 bits per heavy atom. The van der Waals surface area contributed by atoms with E-state index in [2.05, 4.69) is 28.2 Å². The minimum Gasteiger partial charge on any atom is -0.361 e. The molecule has 1 aromatic heterocycles. The predicted octanol–water partition coefficient (Wildman–Crippen LogP) is 4.69. The minimum atomic E-state index is -4.30. The van der Waals surface area contributed by atoms with E-state index in [4.69, 9.17) is 0 Å². The van der Waals surface area contributed by atoms with E-state index in [1.54, 1.807) is 6.07 Å². The largest absolute Gasteiger partial charge is 0.416 e. The van der Waals surface area contributed by atoms with Crippen molar-refractivity contribution in [2.24, 2.45) is 0 Å². The molecule has 0 bridgehead atoms. The maximum Gasteiger partial charge on any atom is 0.416 e. The minimum absolute atomic E-state index is 0.114. The van der Waals surface area contributed by atoms with E-state index in [1.165, 1.54) is 28.6 Å². The van der Waals surface area contributed by atoms with Crippen LogP contribution in [0.15, 0.2) is 42.6 Å². The molecule has 0 amide bonds. The van der Waals surface area contributed by atoms with Gasteiger partial charge in [0, 0.05) is 35.6 Å². The second kappa shape index (κ2) is 4.88. The van der Waals surface area contributed by atoms with Crippen molar-refractivity contribution < 1.29 is 13.2 Å². The first kappa shape index (κ1) is 15.0. The Morgan fingerprint density at radius 2 is 1.92 bits per heavy atom. The second-order valence-electron chi connectivity index (χ2n) is 7.16. The predicted molar refractivity (Wildman–Crippen MR) is 90.5 cm³/mol. The third kappa shape index (κ3) is 2.08. The highest BCUT2D eigenvalue weighted by Gasteiger charge is 2.40. The highest BCUT2D eigenvalue weighted by atomic mass is 19.4. The number of alkyl halides is 3. The summed E-state index contributed by atoms with van der Waals surface area (Å²) in [6.07, 6.45) is -1.32. The van der Waals surface area contributed by atoms with Crippen LogP contribution in [0.2, 0.25) is 0 Å². The number of fused-ring (bicyclic) bond motifs is 4. The lowest BCUT2D eigenvalue weighted by atomic mass is 9.72. The first-order valence-electron chi connectivity index (χ1n) is 8.42. The van der Waals surface area contributed by atoms with E-state index in [0.717, 1.165) is 23.1 Å². The van der Waals surface area contributed by atoms with Gasteiger partial charge in [0.15, 0.2) is 0 Å². The third-order valence-electron chi connectivity index (χ3n) is 5.76. The zero-order chi connectivity index (χ0) is 17.3. The normalized spacial score (nSPS) is 22.7. The molecule has 3 aromatic rings. The molecule has 128 valence electrons. The maximum atomic E-state index is 13.1. The average Bonchev–Trinajstić information content (AvgIpc) is 2.99. The SMILES string of the molecule is CN1Cc2cc(C(F)(F)F)ccc2[C@H]2c3cccc4[nH]cc(c34)C[C@@H]21. The molecule has 5 heteroatoms. The standard InChI is InChI=1S/C20H17F3N2/c1-25-10-12-7-13(20(21,22)23)5-6-14(12)19-15-3-2-4-16-18(15)11(9-24-16)8-17(19)25/h2-7,9,17,19,24H,8,10H2,1H3/t17-,19-/m0/s1. The van der Waals surface area contributed by atoms with E-state index in [1.807, 2.05) is 13.1 Å². The van der Waals surface area contributed by atoms with E-state index >= 15 is 0 Å². The van der Waals surface area contributed by atoms with Crippen molar-refractivity contribution in [3.8, 4) is 0 Å². The van der Waals surface area contributed by atoms with Gasteiger partial charge in [-0.1, -0.05) is 18.2 Å². The van der Waals surface area contributed by atoms with E-state index < -0.39 is 11.7 Å². The number of hydrogen-bond acceptors (Lipinski definition) is 1. The lowest BCUT2D eigenvalue weighted by Crippen LogP contribution is -2.44. The molecule has 2 aromatic carbocycles. The highest BCUT2D eigenvalue weighted by Crippen LogP contribution is 2.46. The summed E-state index contributed by atoms with van der Waals surface area (Å²) < 4.78 is 39.3. The van der Waals surface area contributed by atoms with Crippen molar-refractivity contribution in [3.63, 3.8) is 0 Å². The van der Waals surface area contributed by atoms with E-state index in [0.29, 0.717) is 6.54 Å². The van der Waals surface area contributed by atoms with Crippen molar-refractivity contribution in [1.29, 1.82) is 0 Å². The lowest BCUT2D eigenvalue weighted by molar-refractivity contribution is -0.137. The Kier molecular flexibility index (Phi) is 2.93. The number of halogens is 3. The van der Waals surface area contributed by atoms with Gasteiger partial charge in [-0.3, -0.25) is 4.90 Å². The Morgan fingerprint density at radius 1 is 1.08 bits per heavy atom. The molecule has 25 heavy (non-hydrogen) atoms. The molecule has 1 N–H and O–H groups in total. The van der Waals surface area contributed by atoms with Crippen molar-refractivity contribution in [1.82, 2.24) is 9.88 Å². The summed E-state index contributed by atoms with van der Waals surface area (Å²) in [7, 11) is 2.01. The lowest BCUT2D eigenvalue weighted by Gasteiger charge is -2.43. The third-order valence-corrected chi connectivity index (χ3v) is 5.76. The van der Waals surface area contributed by atoms with Gasteiger partial charge in [-0.2, -0.15) is 13.2 Å². The Bertz CT molecular complexity index is 986. The average molecular weight is 342 g/mol. The molecule has 2 aliphatic rings. The first-order valence-corrected chi connectivity index (χ1v) is 8.42. The van der Waals surface area contributed by atoms with Crippen molar-refractivity contribution in [3.05, 3.63) is 70.4 Å². The molecular formula is C20H17F3N2. The summed E-state index contributed by atoms with van der Waals surface area (Å²) in [5, 5.41) is 1.24. The molecule has 5 rings (SSSR count). The molecule has 0 unspecified atom stereocenters. The fraction of sp³-hybridized carbons (Fsp3) is 0.300. The summed E-state index contributed by atoms with van der Waals surface area (Å²) in [5.74, 6) is 0.114. The van der Waals surface area contributed by atoms with Gasteiger partial charge in [0.25, 0.3) is 0 Å². The van der Waals surface area contributed by atoms with Gasteiger partial charge in [0.1, 0.15) is 0 Å². The van der Waals surface area contributed by atoms with Crippen LogP contribution >= 0.6 is 0 Å². The molecule has 0 saturated heterocycles. The summed E-state index contributed by atoms with van der Waals surface area (Å²) >= 11 is 0. The zero-order valence-corrected chi connectivity index (χ0v) is 13.7. The summed E-state index contributed by atoms with van der Waals surface area (Å²) in [4.78, 5) is 5.53. The number of benzene rings is 2. The molecule has 0 radical (unpaired) electrons. The van der Waals surface area contributed by atoms with Crippen LogP contribution in [-0.2, 0) is 19.1 Å². The first-order chi connectivity index (χ1) is 11.9. The maximum absolute atomic E-state index is 13.1. The topological polar surface area (TPSA) is 19.0 Å². The van der Waals surface area contributed by atoms with Crippen LogP contribution in [0.25, 0.3) is 10.9 Å². The number of nitrogens with zero attached hydrogens (tertiary/aromatic N) is 1. The monoisotopic (exact) mass is 342 g/mol. The van der Waals surface area contributed by atoms with Crippen LogP contribution in [0, 0.1) is 0 Å². The van der Waals surface area contributed by atoms with Crippen LogP contribution < -0.4 is 0 Å². The van der Waals surface area contributed by atoms with Gasteiger partial charge < -0.3 is 4.98 Å². The number of aromatic nitrogens is 1. The quantitative estimate of drug-likeness (QED) is 0.628. The van der Waals surface area contributed by atoms with Crippen molar-refractivity contribution in [2.45, 2.75) is 31.1 Å². The van der Waals surface area contributed by atoms with Gasteiger partial charge >= 0.3 is 6.18 Å². The van der Waals surface area contributed by atoms with Crippen LogP contribution in [0.5, 0.6) is 0 Å². The van der Waals surface area contributed by atoms with Crippen LogP contribution in [-0.4, -0.2) is 23.0 Å². The van der Waals surface area contributed by atoms with Crippen LogP contribution in [0.3, 0.4) is 0 Å². The molecule has 0 saturated carbocycles. The smallest absolute Gasteiger partial charge is 0.361 e. The molecule has 2 atom stereocenters. The number of H-pyrrole nitrogens is 1. The number of nitrogens with one attached hydrogen (secondary N) is 1. The van der Waals surface area contributed by atoms with Gasteiger partial charge in [-0.05, 0) is 53.9 Å². The van der Waals surface area contributed by atoms with Crippen molar-refractivity contribution in [2.75, 3.05) is 7.05 Å². The van der Waals surface area contributed by atoms with Gasteiger partial charge in [-0.25, -0.2) is 0 Å². The number of hydrogen-bond donors (Lipinski definition) is 1. The molecule has 0 fully saturated rings. The van der Waals surface area contributed by atoms with Crippen LogP contribution in [0.4, 0.5) is 13.2 Å². The molecule has 2 heterocycles. The summed E-state index contributed by atoms with van der Waals surface area (Å²) in [6.45, 7) is 0.552. The molecule has 1 aliphatic heterocycles. The second-order valence-corrected chi connectivity index (χ2v) is 7.16. The fourth-order valence-corrected chi connectivity index (χ4v) is 4.65. The van der Waals surface area contributed by atoms with Crippen LogP contribution in [0.1, 0.15) is 33.7 Å². The summed E-state index contributed by atoms with van der Waals surface area (Å²) in [6, 6.07) is 10.7. The Labute approximate surface area is 143 Å². The van der Waals surface area contributed by atoms with E-state index in [9.17, 15) is 13.2 Å². The number of likely N-dealkylation sites (N-methyl/N-ethyl adjacent to an activating group) is 1. The Balaban J connectivity index is 1.74. The Hall–Kier alpha value is -2.27. The fourth-order valence-electron chi connectivity index (χ4n) is 4.65.